The molecule has 8 heteroatoms. The first-order chi connectivity index (χ1) is 16.5. The zero-order chi connectivity index (χ0) is 23.9. The summed E-state index contributed by atoms with van der Waals surface area (Å²) >= 11 is 0. The van der Waals surface area contributed by atoms with E-state index in [4.69, 9.17) is 0 Å². The van der Waals surface area contributed by atoms with Crippen molar-refractivity contribution in [3.05, 3.63) is 53.7 Å². The molecule has 1 aromatic carbocycles. The third-order valence-electron chi connectivity index (χ3n) is 6.72. The first-order valence-electron chi connectivity index (χ1n) is 12.2. The predicted molar refractivity (Wildman–Crippen MR) is 135 cm³/mol. The molecule has 0 spiro atoms. The van der Waals surface area contributed by atoms with Gasteiger partial charge >= 0.3 is 6.03 Å². The number of carbonyl (C=O) groups excluding carboxylic acids is 2. The number of piperazine rings is 1. The largest absolute Gasteiger partial charge is 0.354 e. The van der Waals surface area contributed by atoms with E-state index in [0.29, 0.717) is 5.92 Å². The Morgan fingerprint density at radius 3 is 2.59 bits per heavy atom. The number of pyridine rings is 1. The van der Waals surface area contributed by atoms with Gasteiger partial charge in [-0.1, -0.05) is 23.8 Å². The van der Waals surface area contributed by atoms with Crippen LogP contribution in [0.25, 0.3) is 0 Å². The minimum absolute atomic E-state index is 0.254. The van der Waals surface area contributed by atoms with Crippen LogP contribution in [0.2, 0.25) is 0 Å². The molecule has 2 fully saturated rings. The van der Waals surface area contributed by atoms with Crippen LogP contribution in [0.3, 0.4) is 0 Å². The summed E-state index contributed by atoms with van der Waals surface area (Å²) in [5, 5.41) is 5.26. The molecular weight excluding hydrogens is 428 g/mol. The number of imide groups is 1. The highest BCUT2D eigenvalue weighted by atomic mass is 16.2. The van der Waals surface area contributed by atoms with E-state index >= 15 is 0 Å². The van der Waals surface area contributed by atoms with Crippen molar-refractivity contribution in [3.8, 4) is 0 Å². The maximum atomic E-state index is 12.5. The van der Waals surface area contributed by atoms with Crippen molar-refractivity contribution < 1.29 is 9.59 Å². The van der Waals surface area contributed by atoms with Crippen molar-refractivity contribution in [3.63, 3.8) is 0 Å². The monoisotopic (exact) mass is 464 g/mol. The minimum atomic E-state index is -0.476. The molecule has 2 aliphatic rings. The van der Waals surface area contributed by atoms with Crippen LogP contribution in [0.15, 0.2) is 42.6 Å². The van der Waals surface area contributed by atoms with Gasteiger partial charge in [-0.2, -0.15) is 0 Å². The van der Waals surface area contributed by atoms with Gasteiger partial charge in [-0.25, -0.2) is 9.78 Å². The molecule has 0 bridgehead atoms. The fourth-order valence-corrected chi connectivity index (χ4v) is 4.99. The average Bonchev–Trinajstić information content (AvgIpc) is 2.82. The van der Waals surface area contributed by atoms with E-state index in [2.05, 4.69) is 36.4 Å². The SMILES string of the molecule is Cc1ccc(NC(=O)NC(=O)CN2CCCC(CN3CCN(c4ccccn4)CC3)C2)c(C)c1. The molecule has 2 saturated heterocycles. The molecule has 8 nitrogen and oxygen atoms in total. The third-order valence-corrected chi connectivity index (χ3v) is 6.72. The molecular formula is C26H36N6O2. The minimum Gasteiger partial charge on any atom is -0.354 e. The molecule has 34 heavy (non-hydrogen) atoms. The number of nitrogens with zero attached hydrogens (tertiary/aromatic N) is 4. The first kappa shape index (κ1) is 24.2. The van der Waals surface area contributed by atoms with E-state index < -0.39 is 6.03 Å². The lowest BCUT2D eigenvalue weighted by atomic mass is 9.97. The zero-order valence-electron chi connectivity index (χ0n) is 20.3. The second-order valence-corrected chi connectivity index (χ2v) is 9.54. The van der Waals surface area contributed by atoms with E-state index in [1.807, 2.05) is 50.4 Å². The number of hydrogen-bond donors (Lipinski definition) is 2. The number of hydrogen-bond acceptors (Lipinski definition) is 6. The molecule has 0 saturated carbocycles. The lowest BCUT2D eigenvalue weighted by molar-refractivity contribution is -0.121. The second kappa shape index (κ2) is 11.4. The van der Waals surface area contributed by atoms with E-state index in [1.165, 1.54) is 6.42 Å². The number of amides is 3. The molecule has 1 unspecified atom stereocenters. The van der Waals surface area contributed by atoms with Gasteiger partial charge < -0.3 is 10.2 Å². The van der Waals surface area contributed by atoms with Crippen LogP contribution in [0.5, 0.6) is 0 Å². The fraction of sp³-hybridized carbons (Fsp3) is 0.500. The summed E-state index contributed by atoms with van der Waals surface area (Å²) < 4.78 is 0. The van der Waals surface area contributed by atoms with E-state index in [0.717, 1.165) is 74.9 Å². The number of benzene rings is 1. The first-order valence-corrected chi connectivity index (χ1v) is 12.2. The summed E-state index contributed by atoms with van der Waals surface area (Å²) in [7, 11) is 0. The van der Waals surface area contributed by atoms with Gasteiger partial charge in [0.15, 0.2) is 0 Å². The van der Waals surface area contributed by atoms with Gasteiger partial charge in [0, 0.05) is 51.2 Å². The van der Waals surface area contributed by atoms with Crippen LogP contribution >= 0.6 is 0 Å². The number of nitrogens with one attached hydrogen (secondary N) is 2. The van der Waals surface area contributed by atoms with Crippen molar-refractivity contribution >= 4 is 23.4 Å². The highest BCUT2D eigenvalue weighted by Gasteiger charge is 2.26. The standard InChI is InChI=1S/C26H36N6O2/c1-20-8-9-23(21(2)16-20)28-26(34)29-25(33)19-31-11-5-6-22(18-31)17-30-12-14-32(15-13-30)24-7-3-4-10-27-24/h3-4,7-10,16,22H,5-6,11-15,17-19H2,1-2H3,(H2,28,29,33,34). The zero-order valence-corrected chi connectivity index (χ0v) is 20.3. The van der Waals surface area contributed by atoms with E-state index in [-0.39, 0.29) is 12.5 Å². The number of aromatic nitrogens is 1. The molecule has 1 aromatic heterocycles. The predicted octanol–water partition coefficient (Wildman–Crippen LogP) is 2.88. The van der Waals surface area contributed by atoms with Gasteiger partial charge in [0.05, 0.1) is 6.54 Å². The molecule has 0 radical (unpaired) electrons. The highest BCUT2D eigenvalue weighted by Crippen LogP contribution is 2.20. The summed E-state index contributed by atoms with van der Waals surface area (Å²) in [6.45, 7) is 11.1. The summed E-state index contributed by atoms with van der Waals surface area (Å²) in [6, 6.07) is 11.4. The molecule has 3 heterocycles. The van der Waals surface area contributed by atoms with Gasteiger partial charge in [-0.3, -0.25) is 19.9 Å². The number of likely N-dealkylation sites (tertiary alicyclic amines) is 1. The number of piperidine rings is 1. The lowest BCUT2D eigenvalue weighted by Crippen LogP contribution is -2.50. The lowest BCUT2D eigenvalue weighted by Gasteiger charge is -2.39. The van der Waals surface area contributed by atoms with Crippen molar-refractivity contribution in [2.24, 2.45) is 5.92 Å². The fourth-order valence-electron chi connectivity index (χ4n) is 4.99. The normalized spacial score (nSPS) is 19.6. The van der Waals surface area contributed by atoms with Crippen LogP contribution < -0.4 is 15.5 Å². The average molecular weight is 465 g/mol. The maximum Gasteiger partial charge on any atom is 0.325 e. The highest BCUT2D eigenvalue weighted by molar-refractivity contribution is 6.02. The Kier molecular flexibility index (Phi) is 8.13. The Balaban J connectivity index is 1.18. The van der Waals surface area contributed by atoms with E-state index in [1.54, 1.807) is 0 Å². The summed E-state index contributed by atoms with van der Waals surface area (Å²) in [5.74, 6) is 1.34. The number of carbonyl (C=O) groups is 2. The molecule has 3 amide bonds. The summed E-state index contributed by atoms with van der Waals surface area (Å²) in [6.07, 6.45) is 4.12. The maximum absolute atomic E-state index is 12.5. The number of aryl methyl sites for hydroxylation is 2. The number of rotatable bonds is 6. The van der Waals surface area contributed by atoms with Crippen LogP contribution in [-0.2, 0) is 4.79 Å². The van der Waals surface area contributed by atoms with Crippen LogP contribution in [0, 0.1) is 19.8 Å². The van der Waals surface area contributed by atoms with Crippen LogP contribution in [0.4, 0.5) is 16.3 Å². The Bertz CT molecular complexity index is 975. The molecule has 182 valence electrons. The Morgan fingerprint density at radius 2 is 1.85 bits per heavy atom. The molecule has 4 rings (SSSR count). The van der Waals surface area contributed by atoms with Crippen molar-refractivity contribution in [2.45, 2.75) is 26.7 Å². The topological polar surface area (TPSA) is 80.8 Å². The van der Waals surface area contributed by atoms with Crippen molar-refractivity contribution in [1.29, 1.82) is 0 Å². The Morgan fingerprint density at radius 1 is 1.03 bits per heavy atom. The van der Waals surface area contributed by atoms with E-state index in [9.17, 15) is 9.59 Å². The summed E-state index contributed by atoms with van der Waals surface area (Å²) in [4.78, 5) is 36.3. The number of anilines is 2. The molecule has 2 N–H and O–H groups in total. The van der Waals surface area contributed by atoms with Crippen molar-refractivity contribution in [1.82, 2.24) is 20.1 Å². The summed E-state index contributed by atoms with van der Waals surface area (Å²) in [5.41, 5.74) is 2.83. The quantitative estimate of drug-likeness (QED) is 0.684. The second-order valence-electron chi connectivity index (χ2n) is 9.54. The van der Waals surface area contributed by atoms with Gasteiger partial charge in [0.1, 0.15) is 5.82 Å². The molecule has 0 aliphatic carbocycles. The molecule has 1 atom stereocenters. The smallest absolute Gasteiger partial charge is 0.325 e. The molecule has 2 aliphatic heterocycles. The van der Waals surface area contributed by atoms with Gasteiger partial charge in [-0.05, 0) is 62.9 Å². The van der Waals surface area contributed by atoms with Gasteiger partial charge in [0.2, 0.25) is 5.91 Å². The van der Waals surface area contributed by atoms with Crippen LogP contribution in [0.1, 0.15) is 24.0 Å². The van der Waals surface area contributed by atoms with Gasteiger partial charge in [-0.15, -0.1) is 0 Å². The Labute approximate surface area is 202 Å². The molecule has 2 aromatic rings. The van der Waals surface area contributed by atoms with Crippen LogP contribution in [-0.4, -0.2) is 79.1 Å². The Hall–Kier alpha value is -2.97. The third kappa shape index (κ3) is 6.77. The van der Waals surface area contributed by atoms with Crippen molar-refractivity contribution in [2.75, 3.05) is 62.6 Å². The van der Waals surface area contributed by atoms with Gasteiger partial charge in [0.25, 0.3) is 0 Å². The number of urea groups is 1.